The number of hydrogen-bond donors (Lipinski definition) is 4. The molecule has 4 fully saturated rings. The monoisotopic (exact) mass is 557 g/mol. The predicted molar refractivity (Wildman–Crippen MR) is 156 cm³/mol. The van der Waals surface area contributed by atoms with Gasteiger partial charge in [0.05, 0.1) is 17.6 Å². The Kier molecular flexibility index (Phi) is 6.99. The van der Waals surface area contributed by atoms with Crippen molar-refractivity contribution in [2.45, 2.75) is 138 Å². The van der Waals surface area contributed by atoms with Crippen LogP contribution in [0.3, 0.4) is 0 Å². The molecule has 0 radical (unpaired) electrons. The number of nitrogens with one attached hydrogen (secondary N) is 1. The molecule has 0 heterocycles. The van der Waals surface area contributed by atoms with Crippen molar-refractivity contribution in [2.75, 3.05) is 0 Å². The average molecular weight is 558 g/mol. The minimum Gasteiger partial charge on any atom is -0.480 e. The van der Waals surface area contributed by atoms with E-state index in [9.17, 15) is 24.9 Å². The van der Waals surface area contributed by atoms with E-state index in [1.807, 2.05) is 0 Å². The van der Waals surface area contributed by atoms with Crippen LogP contribution >= 0.6 is 0 Å². The molecular weight excluding hydrogens is 502 g/mol. The summed E-state index contributed by atoms with van der Waals surface area (Å²) in [6, 6.07) is -1.30. The van der Waals surface area contributed by atoms with Gasteiger partial charge < -0.3 is 20.6 Å². The van der Waals surface area contributed by atoms with Gasteiger partial charge in [0.2, 0.25) is 5.91 Å². The number of aliphatic hydroxyl groups is 2. The first-order chi connectivity index (χ1) is 18.4. The Balaban J connectivity index is 1.56. The van der Waals surface area contributed by atoms with Crippen LogP contribution in [0.1, 0.15) is 120 Å². The molecule has 0 aromatic carbocycles. The summed E-state index contributed by atoms with van der Waals surface area (Å²) in [5.74, 6) is -0.271. The Labute approximate surface area is 241 Å². The Morgan fingerprint density at radius 2 is 1.57 bits per heavy atom. The van der Waals surface area contributed by atoms with Crippen molar-refractivity contribution in [3.63, 3.8) is 0 Å². The molecular formula is C34H55NO5. The van der Waals surface area contributed by atoms with Crippen LogP contribution in [0.15, 0.2) is 11.6 Å². The number of carboxylic acid groups (broad SMARTS) is 1. The Bertz CT molecular complexity index is 1090. The number of allylic oxidation sites excluding steroid dienone is 2. The lowest BCUT2D eigenvalue weighted by Gasteiger charge is -2.71. The fraction of sp³-hybridized carbons (Fsp3) is 0.882. The first kappa shape index (κ1) is 30.1. The second-order valence-electron chi connectivity index (χ2n) is 16.8. The highest BCUT2D eigenvalue weighted by Crippen LogP contribution is 2.75. The Morgan fingerprint density at radius 3 is 2.20 bits per heavy atom. The third-order valence-electron chi connectivity index (χ3n) is 14.1. The number of hydrogen-bond acceptors (Lipinski definition) is 4. The second kappa shape index (κ2) is 9.30. The average Bonchev–Trinajstić information content (AvgIpc) is 2.84. The van der Waals surface area contributed by atoms with Crippen LogP contribution < -0.4 is 5.32 Å². The highest BCUT2D eigenvalue weighted by atomic mass is 16.4. The van der Waals surface area contributed by atoms with Gasteiger partial charge >= 0.3 is 5.97 Å². The van der Waals surface area contributed by atoms with Crippen LogP contribution in [-0.4, -0.2) is 45.4 Å². The summed E-state index contributed by atoms with van der Waals surface area (Å²) in [4.78, 5) is 26.0. The van der Waals surface area contributed by atoms with Crippen molar-refractivity contribution in [1.82, 2.24) is 5.32 Å². The molecule has 40 heavy (non-hydrogen) atoms. The van der Waals surface area contributed by atoms with E-state index in [-0.39, 0.29) is 45.0 Å². The highest BCUT2D eigenvalue weighted by Gasteiger charge is 2.69. The summed E-state index contributed by atoms with van der Waals surface area (Å²) in [6.45, 7) is 18.2. The van der Waals surface area contributed by atoms with Crippen LogP contribution in [0, 0.1) is 50.2 Å². The summed E-state index contributed by atoms with van der Waals surface area (Å²) >= 11 is 0. The number of aliphatic hydroxyl groups excluding tert-OH is 2. The molecule has 0 aromatic rings. The summed E-state index contributed by atoms with van der Waals surface area (Å²) in [5.41, 5.74) is 1.08. The number of carboxylic acids is 1. The van der Waals surface area contributed by atoms with E-state index in [0.717, 1.165) is 64.2 Å². The molecule has 0 unspecified atom stereocenters. The minimum atomic E-state index is -1.30. The molecule has 0 spiro atoms. The third-order valence-corrected chi connectivity index (χ3v) is 14.1. The molecule has 4 N–H and O–H groups in total. The molecule has 4 saturated carbocycles. The first-order valence-corrected chi connectivity index (χ1v) is 16.0. The van der Waals surface area contributed by atoms with E-state index >= 15 is 0 Å². The molecule has 0 bridgehead atoms. The molecule has 5 aliphatic rings. The van der Waals surface area contributed by atoms with Gasteiger partial charge in [-0.1, -0.05) is 60.1 Å². The second-order valence-corrected chi connectivity index (χ2v) is 16.8. The fourth-order valence-corrected chi connectivity index (χ4v) is 11.3. The number of carbonyl (C=O) groups excluding carboxylic acids is 1. The van der Waals surface area contributed by atoms with Gasteiger partial charge in [0.15, 0.2) is 6.04 Å². The molecule has 5 rings (SSSR count). The summed E-state index contributed by atoms with van der Waals surface area (Å²) in [7, 11) is 0. The zero-order chi connectivity index (χ0) is 29.7. The number of amides is 1. The highest BCUT2D eigenvalue weighted by molar-refractivity contribution is 5.88. The lowest BCUT2D eigenvalue weighted by atomic mass is 9.33. The van der Waals surface area contributed by atoms with Crippen LogP contribution in [0.25, 0.3) is 0 Å². The minimum absolute atomic E-state index is 0.0254. The number of rotatable bonds is 4. The smallest absolute Gasteiger partial charge is 0.328 e. The molecule has 5 aliphatic carbocycles. The normalized spacial score (nSPS) is 46.8. The molecule has 0 aliphatic heterocycles. The van der Waals surface area contributed by atoms with Crippen molar-refractivity contribution in [3.05, 3.63) is 11.6 Å². The molecule has 226 valence electrons. The predicted octanol–water partition coefficient (Wildman–Crippen LogP) is 6.10. The van der Waals surface area contributed by atoms with E-state index in [1.54, 1.807) is 0 Å². The van der Waals surface area contributed by atoms with Crippen molar-refractivity contribution in [2.24, 2.45) is 50.2 Å². The quantitative estimate of drug-likeness (QED) is 0.313. The first-order valence-electron chi connectivity index (χ1n) is 16.0. The van der Waals surface area contributed by atoms with Crippen molar-refractivity contribution in [1.29, 1.82) is 0 Å². The molecule has 6 nitrogen and oxygen atoms in total. The van der Waals surface area contributed by atoms with Crippen LogP contribution in [0.2, 0.25) is 0 Å². The van der Waals surface area contributed by atoms with E-state index in [1.165, 1.54) is 12.5 Å². The van der Waals surface area contributed by atoms with Gasteiger partial charge in [-0.05, 0) is 116 Å². The van der Waals surface area contributed by atoms with Gasteiger partial charge in [0.1, 0.15) is 0 Å². The SMILES string of the molecule is C[C@@H](O)[C@H](NC(=O)[C@]12CCC(C)(C)C[C@H]1C1=CC[C@@H]3[C@@]4(C)CC[C@H](O)C(C)(C)[C@@H]4CC[C@@]3(C)[C@]1(C)CC2)C(=O)O. The number of fused-ring (bicyclic) bond motifs is 7. The zero-order valence-electron chi connectivity index (χ0n) is 26.3. The Morgan fingerprint density at radius 1 is 0.925 bits per heavy atom. The molecule has 1 amide bonds. The van der Waals surface area contributed by atoms with Gasteiger partial charge in [-0.2, -0.15) is 0 Å². The molecule has 0 aromatic heterocycles. The fourth-order valence-electron chi connectivity index (χ4n) is 11.3. The van der Waals surface area contributed by atoms with Crippen molar-refractivity contribution >= 4 is 11.9 Å². The number of aliphatic carboxylic acids is 1. The summed E-state index contributed by atoms with van der Waals surface area (Å²) < 4.78 is 0. The van der Waals surface area contributed by atoms with Gasteiger partial charge in [-0.15, -0.1) is 0 Å². The molecule has 0 saturated heterocycles. The maximum atomic E-state index is 14.1. The van der Waals surface area contributed by atoms with E-state index in [0.29, 0.717) is 11.8 Å². The van der Waals surface area contributed by atoms with Crippen LogP contribution in [0.4, 0.5) is 0 Å². The van der Waals surface area contributed by atoms with E-state index < -0.39 is 23.5 Å². The zero-order valence-corrected chi connectivity index (χ0v) is 26.3. The topological polar surface area (TPSA) is 107 Å². The molecule has 10 atom stereocenters. The van der Waals surface area contributed by atoms with E-state index in [2.05, 4.69) is 59.9 Å². The standard InChI is InChI=1S/C34H55NO5/c1-20(36)26(27(38)39)35-28(40)34-17-15-29(2,3)19-22(34)21-9-10-24-31(6)13-12-25(37)30(4,5)23(31)11-14-33(24,8)32(21,7)16-18-34/h9,20,22-26,36-37H,10-19H2,1-8H3,(H,35,40)(H,38,39)/t20-,22+,23+,24-,25+,26+,31+,32-,33-,34+/m1/s1. The van der Waals surface area contributed by atoms with Crippen LogP contribution in [0.5, 0.6) is 0 Å². The van der Waals surface area contributed by atoms with Gasteiger partial charge in [0, 0.05) is 0 Å². The van der Waals surface area contributed by atoms with Crippen LogP contribution in [-0.2, 0) is 9.59 Å². The number of carbonyl (C=O) groups is 2. The summed E-state index contributed by atoms with van der Waals surface area (Å²) in [6.07, 6.45) is 10.6. The largest absolute Gasteiger partial charge is 0.480 e. The Hall–Kier alpha value is -1.40. The molecule has 6 heteroatoms. The third kappa shape index (κ3) is 4.01. The van der Waals surface area contributed by atoms with E-state index in [4.69, 9.17) is 0 Å². The van der Waals surface area contributed by atoms with Gasteiger partial charge in [-0.3, -0.25) is 4.79 Å². The maximum Gasteiger partial charge on any atom is 0.328 e. The maximum absolute atomic E-state index is 14.1. The lowest BCUT2D eigenvalue weighted by Crippen LogP contribution is -2.66. The lowest BCUT2D eigenvalue weighted by molar-refractivity contribution is -0.203. The van der Waals surface area contributed by atoms with Crippen molar-refractivity contribution < 1.29 is 24.9 Å². The van der Waals surface area contributed by atoms with Crippen molar-refractivity contribution in [3.8, 4) is 0 Å². The summed E-state index contributed by atoms with van der Waals surface area (Å²) in [5, 5.41) is 33.6. The van der Waals surface area contributed by atoms with Gasteiger partial charge in [0.25, 0.3) is 0 Å². The van der Waals surface area contributed by atoms with Gasteiger partial charge in [-0.25, -0.2) is 4.79 Å².